The fraction of sp³-hybridized carbons (Fsp3) is 0.381. The number of guanidine groups is 1. The van der Waals surface area contributed by atoms with E-state index in [1.807, 2.05) is 38.1 Å². The predicted octanol–water partition coefficient (Wildman–Crippen LogP) is 4.47. The Kier molecular flexibility index (Phi) is 10.2. The number of nitrogens with zero attached hydrogens (tertiary/aromatic N) is 2. The number of anilines is 1. The monoisotopic (exact) mass is 482 g/mol. The molecule has 0 atom stereocenters. The number of hydrogen-bond donors (Lipinski definition) is 2. The molecule has 0 aliphatic rings. The molecular formula is C21H31IN4O. The molecule has 0 fully saturated rings. The lowest BCUT2D eigenvalue weighted by Gasteiger charge is -2.14. The highest BCUT2D eigenvalue weighted by atomic mass is 127. The van der Waals surface area contributed by atoms with E-state index >= 15 is 0 Å². The Morgan fingerprint density at radius 3 is 2.44 bits per heavy atom. The van der Waals surface area contributed by atoms with Crippen LogP contribution in [0.5, 0.6) is 5.75 Å². The van der Waals surface area contributed by atoms with Crippen LogP contribution in [0.1, 0.15) is 31.9 Å². The first-order valence-electron chi connectivity index (χ1n) is 9.06. The summed E-state index contributed by atoms with van der Waals surface area (Å²) in [5.41, 5.74) is 9.34. The Labute approximate surface area is 180 Å². The highest BCUT2D eigenvalue weighted by molar-refractivity contribution is 14.0. The number of halogens is 1. The van der Waals surface area contributed by atoms with Crippen molar-refractivity contribution >= 4 is 35.6 Å². The summed E-state index contributed by atoms with van der Waals surface area (Å²) in [5.74, 6) is 1.24. The van der Waals surface area contributed by atoms with Gasteiger partial charge in [-0.05, 0) is 62.8 Å². The summed E-state index contributed by atoms with van der Waals surface area (Å²) < 4.78 is 5.63. The Morgan fingerprint density at radius 1 is 1.15 bits per heavy atom. The largest absolute Gasteiger partial charge is 0.491 e. The van der Waals surface area contributed by atoms with Crippen LogP contribution in [-0.2, 0) is 13.1 Å². The van der Waals surface area contributed by atoms with Crippen molar-refractivity contribution in [3.05, 3.63) is 59.7 Å². The van der Waals surface area contributed by atoms with Gasteiger partial charge in [-0.1, -0.05) is 31.2 Å². The van der Waals surface area contributed by atoms with Crippen molar-refractivity contribution < 1.29 is 4.74 Å². The van der Waals surface area contributed by atoms with E-state index in [-0.39, 0.29) is 30.1 Å². The molecule has 148 valence electrons. The Hall–Kier alpha value is -1.80. The zero-order chi connectivity index (χ0) is 18.9. The molecule has 5 nitrogen and oxygen atoms in total. The van der Waals surface area contributed by atoms with Crippen LogP contribution in [0, 0.1) is 0 Å². The number of rotatable bonds is 8. The quantitative estimate of drug-likeness (QED) is 0.331. The van der Waals surface area contributed by atoms with Gasteiger partial charge in [-0.2, -0.15) is 0 Å². The SMILES string of the molecule is CCN(C)Cc1cccc(CN=C(N)Nc2ccc(OC(C)C)cc2)c1.I. The van der Waals surface area contributed by atoms with Crippen molar-refractivity contribution in [3.63, 3.8) is 0 Å². The molecule has 0 aliphatic carbocycles. The molecule has 3 N–H and O–H groups in total. The number of aliphatic imine (C=N–C) groups is 1. The van der Waals surface area contributed by atoms with Gasteiger partial charge in [0, 0.05) is 12.2 Å². The summed E-state index contributed by atoms with van der Waals surface area (Å²) in [6.07, 6.45) is 0.160. The van der Waals surface area contributed by atoms with Crippen LogP contribution in [0.3, 0.4) is 0 Å². The van der Waals surface area contributed by atoms with Crippen LogP contribution in [-0.4, -0.2) is 30.6 Å². The number of hydrogen-bond acceptors (Lipinski definition) is 3. The van der Waals surface area contributed by atoms with E-state index in [2.05, 4.69) is 53.4 Å². The first-order valence-corrected chi connectivity index (χ1v) is 9.06. The van der Waals surface area contributed by atoms with Crippen LogP contribution in [0.2, 0.25) is 0 Å². The number of nitrogens with two attached hydrogens (primary N) is 1. The lowest BCUT2D eigenvalue weighted by atomic mass is 10.1. The number of ether oxygens (including phenoxy) is 1. The standard InChI is InChI=1S/C21H30N4O.HI/c1-5-25(4)15-18-8-6-7-17(13-18)14-23-21(22)24-19-9-11-20(12-10-19)26-16(2)3;/h6-13,16H,5,14-15H2,1-4H3,(H3,22,23,24);1H. The second-order valence-corrected chi connectivity index (χ2v) is 6.67. The fourth-order valence-electron chi connectivity index (χ4n) is 2.50. The second-order valence-electron chi connectivity index (χ2n) is 6.67. The molecule has 2 aromatic carbocycles. The summed E-state index contributed by atoms with van der Waals surface area (Å²) in [6, 6.07) is 16.2. The van der Waals surface area contributed by atoms with E-state index in [0.29, 0.717) is 12.5 Å². The summed E-state index contributed by atoms with van der Waals surface area (Å²) >= 11 is 0. The zero-order valence-electron chi connectivity index (χ0n) is 16.6. The van der Waals surface area contributed by atoms with E-state index in [1.165, 1.54) is 5.56 Å². The zero-order valence-corrected chi connectivity index (χ0v) is 18.9. The molecule has 2 rings (SSSR count). The van der Waals surface area contributed by atoms with Gasteiger partial charge in [0.05, 0.1) is 12.6 Å². The minimum atomic E-state index is 0. The van der Waals surface area contributed by atoms with Crippen LogP contribution in [0.15, 0.2) is 53.5 Å². The molecule has 0 amide bonds. The average Bonchev–Trinajstić information content (AvgIpc) is 2.61. The second kappa shape index (κ2) is 11.8. The van der Waals surface area contributed by atoms with Gasteiger partial charge in [0.15, 0.2) is 5.96 Å². The lowest BCUT2D eigenvalue weighted by Crippen LogP contribution is -2.22. The molecule has 0 saturated heterocycles. The number of nitrogens with one attached hydrogen (secondary N) is 1. The van der Waals surface area contributed by atoms with Crippen molar-refractivity contribution in [3.8, 4) is 5.75 Å². The van der Waals surface area contributed by atoms with Crippen LogP contribution >= 0.6 is 24.0 Å². The summed E-state index contributed by atoms with van der Waals surface area (Å²) in [7, 11) is 2.12. The molecular weight excluding hydrogens is 451 g/mol. The number of benzene rings is 2. The van der Waals surface area contributed by atoms with Crippen molar-refractivity contribution in [1.29, 1.82) is 0 Å². The summed E-state index contributed by atoms with van der Waals surface area (Å²) in [4.78, 5) is 6.71. The van der Waals surface area contributed by atoms with Crippen molar-refractivity contribution in [2.45, 2.75) is 40.0 Å². The third-order valence-corrected chi connectivity index (χ3v) is 3.91. The lowest BCUT2D eigenvalue weighted by molar-refractivity contribution is 0.242. The maximum absolute atomic E-state index is 6.01. The predicted molar refractivity (Wildman–Crippen MR) is 125 cm³/mol. The van der Waals surface area contributed by atoms with Crippen molar-refractivity contribution in [1.82, 2.24) is 4.90 Å². The van der Waals surface area contributed by atoms with E-state index < -0.39 is 0 Å². The highest BCUT2D eigenvalue weighted by Crippen LogP contribution is 2.16. The van der Waals surface area contributed by atoms with Gasteiger partial charge >= 0.3 is 0 Å². The minimum Gasteiger partial charge on any atom is -0.491 e. The van der Waals surface area contributed by atoms with Gasteiger partial charge < -0.3 is 20.7 Å². The highest BCUT2D eigenvalue weighted by Gasteiger charge is 2.01. The topological polar surface area (TPSA) is 62.9 Å². The molecule has 2 aromatic rings. The maximum Gasteiger partial charge on any atom is 0.193 e. The van der Waals surface area contributed by atoms with Gasteiger partial charge in [-0.25, -0.2) is 4.99 Å². The van der Waals surface area contributed by atoms with Gasteiger partial charge in [-0.3, -0.25) is 0 Å². The van der Waals surface area contributed by atoms with Crippen molar-refractivity contribution in [2.75, 3.05) is 18.9 Å². The molecule has 0 bridgehead atoms. The Morgan fingerprint density at radius 2 is 1.81 bits per heavy atom. The smallest absolute Gasteiger partial charge is 0.193 e. The van der Waals surface area contributed by atoms with Gasteiger partial charge in [0.2, 0.25) is 0 Å². The molecule has 0 spiro atoms. The normalized spacial score (nSPS) is 11.4. The van der Waals surface area contributed by atoms with Crippen LogP contribution < -0.4 is 15.8 Å². The molecule has 27 heavy (non-hydrogen) atoms. The minimum absolute atomic E-state index is 0. The third kappa shape index (κ3) is 8.62. The molecule has 0 unspecified atom stereocenters. The molecule has 0 saturated carbocycles. The molecule has 0 radical (unpaired) electrons. The van der Waals surface area contributed by atoms with E-state index in [1.54, 1.807) is 0 Å². The fourth-order valence-corrected chi connectivity index (χ4v) is 2.50. The first kappa shape index (κ1) is 23.2. The summed E-state index contributed by atoms with van der Waals surface area (Å²) in [5, 5.41) is 3.11. The third-order valence-electron chi connectivity index (χ3n) is 3.91. The summed E-state index contributed by atoms with van der Waals surface area (Å²) in [6.45, 7) is 8.68. The Balaban J connectivity index is 0.00000364. The average molecular weight is 482 g/mol. The van der Waals surface area contributed by atoms with Gasteiger partial charge in [0.1, 0.15) is 5.75 Å². The van der Waals surface area contributed by atoms with Crippen LogP contribution in [0.4, 0.5) is 5.69 Å². The van der Waals surface area contributed by atoms with E-state index in [9.17, 15) is 0 Å². The van der Waals surface area contributed by atoms with E-state index in [0.717, 1.165) is 30.1 Å². The first-order chi connectivity index (χ1) is 12.5. The maximum atomic E-state index is 6.01. The van der Waals surface area contributed by atoms with E-state index in [4.69, 9.17) is 10.5 Å². The van der Waals surface area contributed by atoms with Crippen molar-refractivity contribution in [2.24, 2.45) is 10.7 Å². The van der Waals surface area contributed by atoms with Gasteiger partial charge in [-0.15, -0.1) is 24.0 Å². The molecule has 0 heterocycles. The van der Waals surface area contributed by atoms with Gasteiger partial charge in [0.25, 0.3) is 0 Å². The van der Waals surface area contributed by atoms with Crippen LogP contribution in [0.25, 0.3) is 0 Å². The Bertz CT molecular complexity index is 716. The molecule has 0 aliphatic heterocycles. The molecule has 0 aromatic heterocycles. The molecule has 6 heteroatoms.